The van der Waals surface area contributed by atoms with Crippen molar-refractivity contribution < 1.29 is 4.74 Å². The van der Waals surface area contributed by atoms with Gasteiger partial charge < -0.3 is 4.74 Å². The molecule has 0 aliphatic heterocycles. The smallest absolute Gasteiger partial charge is 0.110 e. The molecule has 102 valence electrons. The van der Waals surface area contributed by atoms with Crippen LogP contribution in [0, 0.1) is 5.92 Å². The molecular weight excluding hydrogens is 210 g/mol. The summed E-state index contributed by atoms with van der Waals surface area (Å²) in [5.74, 6) is 0.728. The maximum Gasteiger partial charge on any atom is 0.110 e. The van der Waals surface area contributed by atoms with Gasteiger partial charge in [0.25, 0.3) is 0 Å². The molecule has 0 saturated heterocycles. The van der Waals surface area contributed by atoms with E-state index in [1.807, 2.05) is 7.11 Å². The van der Waals surface area contributed by atoms with Gasteiger partial charge in [-0.1, -0.05) is 46.5 Å². The number of hydrogen-bond donors (Lipinski definition) is 0. The maximum absolute atomic E-state index is 5.73. The average Bonchev–Trinajstić information content (AvgIpc) is 2.34. The Bertz CT molecular complexity index is 183. The van der Waals surface area contributed by atoms with Crippen LogP contribution in [0.15, 0.2) is 0 Å². The van der Waals surface area contributed by atoms with E-state index in [-0.39, 0.29) is 0 Å². The molecule has 0 aromatic rings. The Kier molecular flexibility index (Phi) is 7.14. The van der Waals surface area contributed by atoms with Crippen molar-refractivity contribution >= 4 is 0 Å². The minimum atomic E-state index is 0.338. The molecule has 1 rings (SSSR count). The van der Waals surface area contributed by atoms with E-state index in [1.54, 1.807) is 0 Å². The van der Waals surface area contributed by atoms with Crippen LogP contribution >= 0.6 is 0 Å². The third kappa shape index (κ3) is 4.97. The highest BCUT2D eigenvalue weighted by Gasteiger charge is 2.27. The molecule has 1 fully saturated rings. The normalized spacial score (nSPS) is 20.1. The number of rotatable bonds is 7. The summed E-state index contributed by atoms with van der Waals surface area (Å²) < 4.78 is 5.73. The van der Waals surface area contributed by atoms with Crippen LogP contribution in [0.1, 0.15) is 65.7 Å². The summed E-state index contributed by atoms with van der Waals surface area (Å²) in [5, 5.41) is 0. The Hall–Kier alpha value is -0.0800. The maximum atomic E-state index is 5.73. The molecule has 0 heterocycles. The Balaban J connectivity index is 2.62. The lowest BCUT2D eigenvalue weighted by Gasteiger charge is -2.40. The van der Waals surface area contributed by atoms with Gasteiger partial charge in [0.05, 0.1) is 0 Å². The van der Waals surface area contributed by atoms with E-state index >= 15 is 0 Å². The first-order valence-corrected chi connectivity index (χ1v) is 7.47. The van der Waals surface area contributed by atoms with Crippen molar-refractivity contribution in [3.63, 3.8) is 0 Å². The van der Waals surface area contributed by atoms with E-state index in [0.29, 0.717) is 6.23 Å². The van der Waals surface area contributed by atoms with Crippen LogP contribution < -0.4 is 0 Å². The molecule has 0 radical (unpaired) electrons. The largest absolute Gasteiger partial charge is 0.366 e. The lowest BCUT2D eigenvalue weighted by Crippen LogP contribution is -2.46. The van der Waals surface area contributed by atoms with Crippen molar-refractivity contribution in [3.8, 4) is 0 Å². The molecule has 0 aromatic carbocycles. The van der Waals surface area contributed by atoms with Crippen LogP contribution in [0.5, 0.6) is 0 Å². The van der Waals surface area contributed by atoms with Crippen LogP contribution in [-0.2, 0) is 4.74 Å². The van der Waals surface area contributed by atoms with Crippen molar-refractivity contribution in [2.75, 3.05) is 13.7 Å². The molecule has 0 spiro atoms. The lowest BCUT2D eigenvalue weighted by atomic mass is 9.93. The Morgan fingerprint density at radius 3 is 2.29 bits per heavy atom. The van der Waals surface area contributed by atoms with E-state index < -0.39 is 0 Å². The minimum Gasteiger partial charge on any atom is -0.366 e. The van der Waals surface area contributed by atoms with Crippen LogP contribution in [-0.4, -0.2) is 30.8 Å². The average molecular weight is 241 g/mol. The van der Waals surface area contributed by atoms with Gasteiger partial charge >= 0.3 is 0 Å². The number of nitrogens with zero attached hydrogens (tertiary/aromatic N) is 1. The Labute approximate surface area is 108 Å². The first-order valence-electron chi connectivity index (χ1n) is 7.47. The van der Waals surface area contributed by atoms with E-state index in [0.717, 1.165) is 12.0 Å². The van der Waals surface area contributed by atoms with Gasteiger partial charge in [-0.15, -0.1) is 0 Å². The summed E-state index contributed by atoms with van der Waals surface area (Å²) in [6.45, 7) is 8.06. The second-order valence-corrected chi connectivity index (χ2v) is 5.86. The molecule has 0 N–H and O–H groups in total. The molecule has 1 unspecified atom stereocenters. The van der Waals surface area contributed by atoms with Crippen molar-refractivity contribution in [2.45, 2.75) is 78.0 Å². The standard InChI is InChI=1S/C15H31NO/c1-5-9-15(17-4)16(12-13(2)3)14-10-7-6-8-11-14/h13-15H,5-12H2,1-4H3. The van der Waals surface area contributed by atoms with Gasteiger partial charge in [0, 0.05) is 19.7 Å². The predicted octanol–water partition coefficient (Wildman–Crippen LogP) is 4.05. The summed E-state index contributed by atoms with van der Waals surface area (Å²) >= 11 is 0. The third-order valence-corrected chi connectivity index (χ3v) is 3.80. The van der Waals surface area contributed by atoms with Crippen LogP contribution in [0.25, 0.3) is 0 Å². The van der Waals surface area contributed by atoms with Crippen molar-refractivity contribution in [1.82, 2.24) is 4.90 Å². The summed E-state index contributed by atoms with van der Waals surface area (Å²) in [7, 11) is 1.87. The van der Waals surface area contributed by atoms with Crippen LogP contribution in [0.3, 0.4) is 0 Å². The zero-order chi connectivity index (χ0) is 12.7. The zero-order valence-corrected chi connectivity index (χ0v) is 12.2. The molecule has 2 heteroatoms. The van der Waals surface area contributed by atoms with Gasteiger partial charge in [-0.3, -0.25) is 4.90 Å². The highest BCUT2D eigenvalue weighted by molar-refractivity contribution is 4.78. The van der Waals surface area contributed by atoms with Gasteiger partial charge in [0.15, 0.2) is 0 Å². The third-order valence-electron chi connectivity index (χ3n) is 3.80. The van der Waals surface area contributed by atoms with E-state index in [9.17, 15) is 0 Å². The molecule has 1 aliphatic carbocycles. The number of ether oxygens (including phenoxy) is 1. The molecule has 1 saturated carbocycles. The van der Waals surface area contributed by atoms with E-state index in [2.05, 4.69) is 25.7 Å². The van der Waals surface area contributed by atoms with Crippen LogP contribution in [0.4, 0.5) is 0 Å². The molecule has 0 aromatic heterocycles. The van der Waals surface area contributed by atoms with Gasteiger partial charge in [0.2, 0.25) is 0 Å². The molecule has 1 aliphatic rings. The second kappa shape index (κ2) is 8.10. The fraction of sp³-hybridized carbons (Fsp3) is 1.00. The van der Waals surface area contributed by atoms with Gasteiger partial charge in [-0.05, 0) is 25.2 Å². The highest BCUT2D eigenvalue weighted by atomic mass is 16.5. The van der Waals surface area contributed by atoms with Gasteiger partial charge in [-0.25, -0.2) is 0 Å². The van der Waals surface area contributed by atoms with Crippen LogP contribution in [0.2, 0.25) is 0 Å². The van der Waals surface area contributed by atoms with E-state index in [1.165, 1.54) is 51.5 Å². The number of hydrogen-bond acceptors (Lipinski definition) is 2. The van der Waals surface area contributed by atoms with Crippen molar-refractivity contribution in [3.05, 3.63) is 0 Å². The molecular formula is C15H31NO. The quantitative estimate of drug-likeness (QED) is 0.623. The Morgan fingerprint density at radius 2 is 1.82 bits per heavy atom. The minimum absolute atomic E-state index is 0.338. The summed E-state index contributed by atoms with van der Waals surface area (Å²) in [5.41, 5.74) is 0. The number of methoxy groups -OCH3 is 1. The first-order chi connectivity index (χ1) is 8.19. The Morgan fingerprint density at radius 1 is 1.18 bits per heavy atom. The van der Waals surface area contributed by atoms with E-state index in [4.69, 9.17) is 4.74 Å². The topological polar surface area (TPSA) is 12.5 Å². The summed E-state index contributed by atoms with van der Waals surface area (Å²) in [6.07, 6.45) is 9.69. The SMILES string of the molecule is CCCC(OC)N(CC(C)C)C1CCCCC1. The molecule has 0 bridgehead atoms. The zero-order valence-electron chi connectivity index (χ0n) is 12.2. The molecule has 0 amide bonds. The first kappa shape index (κ1) is 15.0. The fourth-order valence-electron chi connectivity index (χ4n) is 3.00. The van der Waals surface area contributed by atoms with Gasteiger partial charge in [0.1, 0.15) is 6.23 Å². The van der Waals surface area contributed by atoms with Crippen molar-refractivity contribution in [2.24, 2.45) is 5.92 Å². The van der Waals surface area contributed by atoms with Gasteiger partial charge in [-0.2, -0.15) is 0 Å². The highest BCUT2D eigenvalue weighted by Crippen LogP contribution is 2.26. The summed E-state index contributed by atoms with van der Waals surface area (Å²) in [4.78, 5) is 2.65. The molecule has 2 nitrogen and oxygen atoms in total. The van der Waals surface area contributed by atoms with Crippen molar-refractivity contribution in [1.29, 1.82) is 0 Å². The lowest BCUT2D eigenvalue weighted by molar-refractivity contribution is -0.0725. The second-order valence-electron chi connectivity index (χ2n) is 5.86. The fourth-order valence-corrected chi connectivity index (χ4v) is 3.00. The summed E-state index contributed by atoms with van der Waals surface area (Å²) in [6, 6.07) is 0.766. The molecule has 1 atom stereocenters. The monoisotopic (exact) mass is 241 g/mol. The molecule has 17 heavy (non-hydrogen) atoms. The predicted molar refractivity (Wildman–Crippen MR) is 74.1 cm³/mol.